The second-order valence-electron chi connectivity index (χ2n) is 4.04. The van der Waals surface area contributed by atoms with Crippen LogP contribution in [0.25, 0.3) is 0 Å². The van der Waals surface area contributed by atoms with Crippen molar-refractivity contribution in [3.63, 3.8) is 0 Å². The van der Waals surface area contributed by atoms with Gasteiger partial charge in [-0.3, -0.25) is 0 Å². The third-order valence-corrected chi connectivity index (χ3v) is 2.67. The van der Waals surface area contributed by atoms with E-state index in [0.29, 0.717) is 0 Å². The Balaban J connectivity index is 1.73. The van der Waals surface area contributed by atoms with E-state index in [0.717, 1.165) is 12.1 Å². The molecule has 11 heavy (non-hydrogen) atoms. The van der Waals surface area contributed by atoms with Crippen molar-refractivity contribution in [1.29, 1.82) is 0 Å². The predicted molar refractivity (Wildman–Crippen MR) is 46.7 cm³/mol. The standard InChI is InChI=1S/C9H18N2/c1-11-6-2-3-9(7-11)10-8-4-5-8/h8-10H,2-7H2,1H3. The van der Waals surface area contributed by atoms with Gasteiger partial charge in [0.15, 0.2) is 0 Å². The van der Waals surface area contributed by atoms with Crippen LogP contribution in [0.5, 0.6) is 0 Å². The summed E-state index contributed by atoms with van der Waals surface area (Å²) in [6.45, 7) is 2.55. The van der Waals surface area contributed by atoms with E-state index in [2.05, 4.69) is 17.3 Å². The Labute approximate surface area is 69.0 Å². The smallest absolute Gasteiger partial charge is 0.0197 e. The zero-order valence-corrected chi connectivity index (χ0v) is 7.34. The molecule has 0 radical (unpaired) electrons. The average Bonchev–Trinajstić information content (AvgIpc) is 2.71. The van der Waals surface area contributed by atoms with E-state index < -0.39 is 0 Å². The molecule has 2 heteroatoms. The normalized spacial score (nSPS) is 34.1. The molecule has 1 saturated heterocycles. The van der Waals surface area contributed by atoms with Crippen LogP contribution in [0, 0.1) is 0 Å². The van der Waals surface area contributed by atoms with Gasteiger partial charge in [-0.15, -0.1) is 0 Å². The molecule has 1 aliphatic carbocycles. The van der Waals surface area contributed by atoms with Crippen molar-refractivity contribution in [2.45, 2.75) is 37.8 Å². The minimum Gasteiger partial charge on any atom is -0.310 e. The van der Waals surface area contributed by atoms with Crippen LogP contribution in [-0.4, -0.2) is 37.1 Å². The highest BCUT2D eigenvalue weighted by atomic mass is 15.1. The van der Waals surface area contributed by atoms with Gasteiger partial charge in [0, 0.05) is 18.6 Å². The minimum absolute atomic E-state index is 0.793. The van der Waals surface area contributed by atoms with E-state index in [9.17, 15) is 0 Å². The lowest BCUT2D eigenvalue weighted by atomic mass is 10.1. The van der Waals surface area contributed by atoms with Gasteiger partial charge in [0.2, 0.25) is 0 Å². The number of rotatable bonds is 2. The summed E-state index contributed by atoms with van der Waals surface area (Å²) in [4.78, 5) is 2.43. The molecule has 1 N–H and O–H groups in total. The van der Waals surface area contributed by atoms with Crippen molar-refractivity contribution in [2.24, 2.45) is 0 Å². The molecule has 0 bridgehead atoms. The third kappa shape index (κ3) is 2.17. The number of piperidine rings is 1. The lowest BCUT2D eigenvalue weighted by Crippen LogP contribution is -2.44. The highest BCUT2D eigenvalue weighted by Crippen LogP contribution is 2.21. The van der Waals surface area contributed by atoms with Gasteiger partial charge in [0.25, 0.3) is 0 Å². The summed E-state index contributed by atoms with van der Waals surface area (Å²) in [5.74, 6) is 0. The Bertz CT molecular complexity index is 130. The monoisotopic (exact) mass is 154 g/mol. The Morgan fingerprint density at radius 3 is 2.64 bits per heavy atom. The van der Waals surface area contributed by atoms with Crippen LogP contribution in [0.2, 0.25) is 0 Å². The Kier molecular flexibility index (Phi) is 2.14. The molecule has 1 atom stereocenters. The molecule has 1 heterocycles. The van der Waals surface area contributed by atoms with Crippen LogP contribution < -0.4 is 5.32 Å². The zero-order chi connectivity index (χ0) is 7.68. The maximum Gasteiger partial charge on any atom is 0.0197 e. The van der Waals surface area contributed by atoms with Crippen LogP contribution in [0.1, 0.15) is 25.7 Å². The zero-order valence-electron chi connectivity index (χ0n) is 7.34. The lowest BCUT2D eigenvalue weighted by molar-refractivity contribution is 0.226. The predicted octanol–water partition coefficient (Wildman–Crippen LogP) is 0.833. The van der Waals surface area contributed by atoms with E-state index in [1.807, 2.05) is 0 Å². The summed E-state index contributed by atoms with van der Waals surface area (Å²) in [5.41, 5.74) is 0. The summed E-state index contributed by atoms with van der Waals surface area (Å²) >= 11 is 0. The van der Waals surface area contributed by atoms with Gasteiger partial charge < -0.3 is 10.2 Å². The van der Waals surface area contributed by atoms with Crippen LogP contribution in [0.15, 0.2) is 0 Å². The average molecular weight is 154 g/mol. The molecule has 2 rings (SSSR count). The highest BCUT2D eigenvalue weighted by Gasteiger charge is 2.26. The molecular formula is C9H18N2. The fourth-order valence-corrected chi connectivity index (χ4v) is 1.89. The van der Waals surface area contributed by atoms with Crippen molar-refractivity contribution in [3.05, 3.63) is 0 Å². The van der Waals surface area contributed by atoms with Gasteiger partial charge in [-0.25, -0.2) is 0 Å². The second kappa shape index (κ2) is 3.11. The van der Waals surface area contributed by atoms with Gasteiger partial charge in [-0.2, -0.15) is 0 Å². The van der Waals surface area contributed by atoms with Gasteiger partial charge in [0.1, 0.15) is 0 Å². The SMILES string of the molecule is CN1CCCC(NC2CC2)C1. The topological polar surface area (TPSA) is 15.3 Å². The summed E-state index contributed by atoms with van der Waals surface area (Å²) in [7, 11) is 2.22. The van der Waals surface area contributed by atoms with Crippen molar-refractivity contribution in [3.8, 4) is 0 Å². The lowest BCUT2D eigenvalue weighted by Gasteiger charge is -2.30. The van der Waals surface area contributed by atoms with Crippen molar-refractivity contribution in [2.75, 3.05) is 20.1 Å². The first-order chi connectivity index (χ1) is 5.34. The molecule has 1 unspecified atom stereocenters. The molecule has 2 nitrogen and oxygen atoms in total. The largest absolute Gasteiger partial charge is 0.310 e. The maximum absolute atomic E-state index is 3.68. The quantitative estimate of drug-likeness (QED) is 0.634. The van der Waals surface area contributed by atoms with E-state index in [-0.39, 0.29) is 0 Å². The number of likely N-dealkylation sites (N-methyl/N-ethyl adjacent to an activating group) is 1. The van der Waals surface area contributed by atoms with E-state index in [1.165, 1.54) is 38.8 Å². The molecule has 0 spiro atoms. The molecule has 2 aliphatic rings. The maximum atomic E-state index is 3.68. The number of likely N-dealkylation sites (tertiary alicyclic amines) is 1. The van der Waals surface area contributed by atoms with Crippen molar-refractivity contribution in [1.82, 2.24) is 10.2 Å². The molecule has 2 fully saturated rings. The van der Waals surface area contributed by atoms with Gasteiger partial charge in [-0.1, -0.05) is 0 Å². The Morgan fingerprint density at radius 2 is 2.00 bits per heavy atom. The summed E-state index contributed by atoms with van der Waals surface area (Å²) in [5, 5.41) is 3.68. The van der Waals surface area contributed by atoms with E-state index in [4.69, 9.17) is 0 Å². The van der Waals surface area contributed by atoms with Gasteiger partial charge in [0.05, 0.1) is 0 Å². The molecule has 1 aliphatic heterocycles. The van der Waals surface area contributed by atoms with Crippen molar-refractivity contribution < 1.29 is 0 Å². The molecule has 0 amide bonds. The van der Waals surface area contributed by atoms with Gasteiger partial charge >= 0.3 is 0 Å². The Morgan fingerprint density at radius 1 is 1.18 bits per heavy atom. The molecule has 64 valence electrons. The van der Waals surface area contributed by atoms with E-state index in [1.54, 1.807) is 0 Å². The third-order valence-electron chi connectivity index (χ3n) is 2.67. The minimum atomic E-state index is 0.793. The number of hydrogen-bond acceptors (Lipinski definition) is 2. The molecule has 1 saturated carbocycles. The fraction of sp³-hybridized carbons (Fsp3) is 1.00. The summed E-state index contributed by atoms with van der Waals surface area (Å²) in [6, 6.07) is 1.67. The molecular weight excluding hydrogens is 136 g/mol. The number of nitrogens with one attached hydrogen (secondary N) is 1. The Hall–Kier alpha value is -0.0800. The van der Waals surface area contributed by atoms with Crippen LogP contribution in [-0.2, 0) is 0 Å². The van der Waals surface area contributed by atoms with E-state index >= 15 is 0 Å². The van der Waals surface area contributed by atoms with Gasteiger partial charge in [-0.05, 0) is 39.3 Å². The number of hydrogen-bond donors (Lipinski definition) is 1. The first kappa shape index (κ1) is 7.56. The first-order valence-electron chi connectivity index (χ1n) is 4.79. The number of nitrogens with zero attached hydrogens (tertiary/aromatic N) is 1. The van der Waals surface area contributed by atoms with Crippen LogP contribution in [0.3, 0.4) is 0 Å². The van der Waals surface area contributed by atoms with Crippen molar-refractivity contribution >= 4 is 0 Å². The fourth-order valence-electron chi connectivity index (χ4n) is 1.89. The van der Waals surface area contributed by atoms with Crippen LogP contribution >= 0.6 is 0 Å². The second-order valence-corrected chi connectivity index (χ2v) is 4.04. The molecule has 0 aromatic carbocycles. The van der Waals surface area contributed by atoms with Crippen LogP contribution in [0.4, 0.5) is 0 Å². The highest BCUT2D eigenvalue weighted by molar-refractivity contribution is 4.87. The molecule has 0 aromatic heterocycles. The molecule has 0 aromatic rings. The summed E-state index contributed by atoms with van der Waals surface area (Å²) in [6.07, 6.45) is 5.60. The summed E-state index contributed by atoms with van der Waals surface area (Å²) < 4.78 is 0. The first-order valence-corrected chi connectivity index (χ1v) is 4.79.